The number of rotatable bonds is 3. The Kier molecular flexibility index (Phi) is 5.10. The molecule has 2 aromatic carbocycles. The van der Waals surface area contributed by atoms with E-state index in [1.807, 2.05) is 6.07 Å². The maximum Gasteiger partial charge on any atom is 0.123 e. The third-order valence-electron chi connectivity index (χ3n) is 7.21. The quantitative estimate of drug-likeness (QED) is 0.544. The van der Waals surface area contributed by atoms with Crippen molar-refractivity contribution in [1.82, 2.24) is 0 Å². The highest BCUT2D eigenvalue weighted by atomic mass is 19.1. The molecule has 0 atom stereocenters. The SMILES string of the molecule is CCC1CCC(C2CCC(c3ccc4cc(F)ccc4c3)CC2)CC1. The van der Waals surface area contributed by atoms with E-state index in [0.717, 1.165) is 23.1 Å². The summed E-state index contributed by atoms with van der Waals surface area (Å²) < 4.78 is 13.4. The minimum Gasteiger partial charge on any atom is -0.207 e. The molecule has 0 N–H and O–H groups in total. The van der Waals surface area contributed by atoms with Gasteiger partial charge in [-0.05, 0) is 90.7 Å². The van der Waals surface area contributed by atoms with Gasteiger partial charge in [-0.15, -0.1) is 0 Å². The van der Waals surface area contributed by atoms with E-state index in [2.05, 4.69) is 25.1 Å². The van der Waals surface area contributed by atoms with Crippen molar-refractivity contribution in [3.05, 3.63) is 47.8 Å². The summed E-state index contributed by atoms with van der Waals surface area (Å²) in [5.41, 5.74) is 1.47. The van der Waals surface area contributed by atoms with Crippen LogP contribution < -0.4 is 0 Å². The Morgan fingerprint density at radius 3 is 2.04 bits per heavy atom. The van der Waals surface area contributed by atoms with Gasteiger partial charge in [-0.1, -0.05) is 50.5 Å². The van der Waals surface area contributed by atoms with Crippen LogP contribution in [-0.2, 0) is 0 Å². The fourth-order valence-corrected chi connectivity index (χ4v) is 5.48. The minimum atomic E-state index is -0.140. The molecule has 2 fully saturated rings. The maximum absolute atomic E-state index is 13.4. The average molecular weight is 339 g/mol. The highest BCUT2D eigenvalue weighted by Gasteiger charge is 2.30. The Morgan fingerprint density at radius 2 is 1.36 bits per heavy atom. The number of fused-ring (bicyclic) bond motifs is 1. The van der Waals surface area contributed by atoms with Crippen molar-refractivity contribution >= 4 is 10.8 Å². The second-order valence-electron chi connectivity index (χ2n) is 8.55. The van der Waals surface area contributed by atoms with E-state index in [1.54, 1.807) is 12.1 Å². The van der Waals surface area contributed by atoms with Crippen LogP contribution in [0.3, 0.4) is 0 Å². The Labute approximate surface area is 151 Å². The topological polar surface area (TPSA) is 0 Å². The van der Waals surface area contributed by atoms with Gasteiger partial charge in [-0.3, -0.25) is 0 Å². The van der Waals surface area contributed by atoms with Gasteiger partial charge in [-0.25, -0.2) is 4.39 Å². The largest absolute Gasteiger partial charge is 0.207 e. The summed E-state index contributed by atoms with van der Waals surface area (Å²) in [7, 11) is 0. The summed E-state index contributed by atoms with van der Waals surface area (Å²) in [5.74, 6) is 3.55. The lowest BCUT2D eigenvalue weighted by atomic mass is 9.68. The van der Waals surface area contributed by atoms with Gasteiger partial charge in [-0.2, -0.15) is 0 Å². The molecule has 4 rings (SSSR count). The standard InChI is InChI=1S/C24H31F/c1-2-17-3-5-18(6-4-17)19-7-9-20(10-8-19)21-11-12-23-16-24(25)14-13-22(23)15-21/h11-20H,2-10H2,1H3. The van der Waals surface area contributed by atoms with Crippen molar-refractivity contribution in [2.45, 2.75) is 70.6 Å². The number of hydrogen-bond acceptors (Lipinski definition) is 0. The molecule has 0 amide bonds. The summed E-state index contributed by atoms with van der Waals surface area (Å²) in [6.45, 7) is 2.36. The van der Waals surface area contributed by atoms with E-state index in [1.165, 1.54) is 68.7 Å². The number of halogens is 1. The first-order valence-electron chi connectivity index (χ1n) is 10.4. The predicted octanol–water partition coefficient (Wildman–Crippen LogP) is 7.47. The van der Waals surface area contributed by atoms with Gasteiger partial charge in [0.05, 0.1) is 0 Å². The lowest BCUT2D eigenvalue weighted by Crippen LogP contribution is -2.25. The molecule has 0 saturated heterocycles. The zero-order valence-corrected chi connectivity index (χ0v) is 15.5. The molecule has 1 heteroatoms. The summed E-state index contributed by atoms with van der Waals surface area (Å²) in [6, 6.07) is 11.8. The Morgan fingerprint density at radius 1 is 0.760 bits per heavy atom. The summed E-state index contributed by atoms with van der Waals surface area (Å²) in [6.07, 6.45) is 12.8. The van der Waals surface area contributed by atoms with Crippen LogP contribution in [0.15, 0.2) is 36.4 Å². The third-order valence-corrected chi connectivity index (χ3v) is 7.21. The van der Waals surface area contributed by atoms with Crippen LogP contribution in [-0.4, -0.2) is 0 Å². The number of benzene rings is 2. The molecule has 0 bridgehead atoms. The molecule has 2 saturated carbocycles. The lowest BCUT2D eigenvalue weighted by molar-refractivity contribution is 0.158. The van der Waals surface area contributed by atoms with E-state index >= 15 is 0 Å². The Hall–Kier alpha value is -1.37. The van der Waals surface area contributed by atoms with Gasteiger partial charge >= 0.3 is 0 Å². The normalized spacial score (nSPS) is 30.5. The first kappa shape index (κ1) is 17.1. The second kappa shape index (κ2) is 7.48. The van der Waals surface area contributed by atoms with E-state index < -0.39 is 0 Å². The minimum absolute atomic E-state index is 0.140. The molecular weight excluding hydrogens is 307 g/mol. The van der Waals surface area contributed by atoms with E-state index in [4.69, 9.17) is 0 Å². The predicted molar refractivity (Wildman–Crippen MR) is 104 cm³/mol. The highest BCUT2D eigenvalue weighted by Crippen LogP contribution is 2.44. The van der Waals surface area contributed by atoms with Crippen LogP contribution in [0.2, 0.25) is 0 Å². The molecule has 25 heavy (non-hydrogen) atoms. The van der Waals surface area contributed by atoms with Gasteiger partial charge in [0.1, 0.15) is 5.82 Å². The zero-order valence-electron chi connectivity index (χ0n) is 15.5. The zero-order chi connectivity index (χ0) is 17.2. The summed E-state index contributed by atoms with van der Waals surface area (Å²) >= 11 is 0. The van der Waals surface area contributed by atoms with Crippen LogP contribution in [0.25, 0.3) is 10.8 Å². The molecule has 0 unspecified atom stereocenters. The van der Waals surface area contributed by atoms with E-state index in [9.17, 15) is 4.39 Å². The smallest absolute Gasteiger partial charge is 0.123 e. The van der Waals surface area contributed by atoms with Crippen LogP contribution >= 0.6 is 0 Å². The Balaban J connectivity index is 1.38. The van der Waals surface area contributed by atoms with Crippen LogP contribution in [0.4, 0.5) is 4.39 Å². The molecule has 2 aliphatic carbocycles. The fourth-order valence-electron chi connectivity index (χ4n) is 5.48. The van der Waals surface area contributed by atoms with Gasteiger partial charge in [0, 0.05) is 0 Å². The van der Waals surface area contributed by atoms with Crippen molar-refractivity contribution < 1.29 is 4.39 Å². The van der Waals surface area contributed by atoms with Crippen molar-refractivity contribution in [3.8, 4) is 0 Å². The van der Waals surface area contributed by atoms with Crippen molar-refractivity contribution in [2.75, 3.05) is 0 Å². The third kappa shape index (κ3) is 3.76. The van der Waals surface area contributed by atoms with Crippen LogP contribution in [0, 0.1) is 23.6 Å². The van der Waals surface area contributed by atoms with Gasteiger partial charge in [0.2, 0.25) is 0 Å². The maximum atomic E-state index is 13.4. The fraction of sp³-hybridized carbons (Fsp3) is 0.583. The van der Waals surface area contributed by atoms with Crippen LogP contribution in [0.5, 0.6) is 0 Å². The monoisotopic (exact) mass is 338 g/mol. The van der Waals surface area contributed by atoms with Crippen molar-refractivity contribution in [2.24, 2.45) is 17.8 Å². The Bertz CT molecular complexity index is 703. The molecule has 0 heterocycles. The molecule has 0 spiro atoms. The van der Waals surface area contributed by atoms with E-state index in [0.29, 0.717) is 5.92 Å². The van der Waals surface area contributed by atoms with Gasteiger partial charge in [0.25, 0.3) is 0 Å². The first-order valence-corrected chi connectivity index (χ1v) is 10.4. The van der Waals surface area contributed by atoms with E-state index in [-0.39, 0.29) is 5.82 Å². The highest BCUT2D eigenvalue weighted by molar-refractivity contribution is 5.83. The van der Waals surface area contributed by atoms with Gasteiger partial charge < -0.3 is 0 Å². The van der Waals surface area contributed by atoms with Crippen LogP contribution in [0.1, 0.15) is 76.2 Å². The van der Waals surface area contributed by atoms with Crippen molar-refractivity contribution in [1.29, 1.82) is 0 Å². The molecule has 0 radical (unpaired) electrons. The molecule has 2 aromatic rings. The molecule has 0 aliphatic heterocycles. The number of hydrogen-bond donors (Lipinski definition) is 0. The average Bonchev–Trinajstić information content (AvgIpc) is 2.68. The molecular formula is C24H31F. The summed E-state index contributed by atoms with van der Waals surface area (Å²) in [5, 5.41) is 2.20. The molecule has 134 valence electrons. The second-order valence-corrected chi connectivity index (χ2v) is 8.55. The van der Waals surface area contributed by atoms with Gasteiger partial charge in [0.15, 0.2) is 0 Å². The first-order chi connectivity index (χ1) is 12.2. The molecule has 0 nitrogen and oxygen atoms in total. The summed E-state index contributed by atoms with van der Waals surface area (Å²) in [4.78, 5) is 0. The lowest BCUT2D eigenvalue weighted by Gasteiger charge is -2.38. The van der Waals surface area contributed by atoms with Crippen molar-refractivity contribution in [3.63, 3.8) is 0 Å². The molecule has 2 aliphatic rings. The molecule has 0 aromatic heterocycles.